The predicted octanol–water partition coefficient (Wildman–Crippen LogP) is 4.37. The maximum absolute atomic E-state index is 12.4. The van der Waals surface area contributed by atoms with Crippen LogP contribution in [0.4, 0.5) is 5.69 Å². The molecule has 3 aromatic rings. The van der Waals surface area contributed by atoms with Crippen molar-refractivity contribution in [1.82, 2.24) is 0 Å². The highest BCUT2D eigenvalue weighted by molar-refractivity contribution is 6.04. The molecule has 0 bridgehead atoms. The second-order valence-electron chi connectivity index (χ2n) is 7.30. The van der Waals surface area contributed by atoms with Crippen molar-refractivity contribution >= 4 is 23.3 Å². The Labute approximate surface area is 173 Å². The number of rotatable bonds is 6. The van der Waals surface area contributed by atoms with Crippen LogP contribution in [0.25, 0.3) is 0 Å². The fourth-order valence-electron chi connectivity index (χ4n) is 3.52. The Morgan fingerprint density at radius 1 is 1.00 bits per heavy atom. The minimum Gasteiger partial charge on any atom is -0.459 e. The molecule has 0 saturated heterocycles. The lowest BCUT2D eigenvalue weighted by molar-refractivity contribution is 0.0474. The normalized spacial score (nSPS) is 12.3. The molecule has 152 valence electrons. The Morgan fingerprint density at radius 3 is 2.60 bits per heavy atom. The van der Waals surface area contributed by atoms with E-state index < -0.39 is 11.9 Å². The molecule has 6 heteroatoms. The lowest BCUT2D eigenvalue weighted by Gasteiger charge is -2.10. The highest BCUT2D eigenvalue weighted by Gasteiger charge is 2.17. The minimum atomic E-state index is -0.627. The summed E-state index contributed by atoms with van der Waals surface area (Å²) in [6, 6.07) is 13.7. The number of fused-ring (bicyclic) bond motifs is 1. The van der Waals surface area contributed by atoms with Crippen LogP contribution in [0.3, 0.4) is 0 Å². The first-order chi connectivity index (χ1) is 14.5. The maximum atomic E-state index is 12.4. The third kappa shape index (κ3) is 4.17. The number of hydrogen-bond donors (Lipinski definition) is 1. The molecule has 0 fully saturated rings. The Balaban J connectivity index is 1.41. The minimum absolute atomic E-state index is 0.169. The summed E-state index contributed by atoms with van der Waals surface area (Å²) in [5.74, 6) is -1.11. The topological polar surface area (TPSA) is 85.6 Å². The summed E-state index contributed by atoms with van der Waals surface area (Å²) < 4.78 is 10.3. The summed E-state index contributed by atoms with van der Waals surface area (Å²) in [4.78, 5) is 37.1. The molecule has 6 nitrogen and oxygen atoms in total. The van der Waals surface area contributed by atoms with Gasteiger partial charge in [-0.1, -0.05) is 18.2 Å². The number of carbonyl (C=O) groups is 3. The molecule has 0 radical (unpaired) electrons. The number of nitrogens with one attached hydrogen (secondary N) is 1. The quantitative estimate of drug-likeness (QED) is 0.488. The number of amides is 1. The monoisotopic (exact) mass is 403 g/mol. The van der Waals surface area contributed by atoms with E-state index in [1.807, 2.05) is 19.1 Å². The van der Waals surface area contributed by atoms with E-state index in [-0.39, 0.29) is 23.7 Å². The van der Waals surface area contributed by atoms with Gasteiger partial charge in [-0.05, 0) is 73.2 Å². The van der Waals surface area contributed by atoms with Crippen LogP contribution in [0, 0.1) is 6.92 Å². The summed E-state index contributed by atoms with van der Waals surface area (Å²) in [5.41, 5.74) is 4.53. The number of ether oxygens (including phenoxy) is 1. The van der Waals surface area contributed by atoms with Crippen LogP contribution in [0.1, 0.15) is 54.4 Å². The number of carbonyl (C=O) groups excluding carboxylic acids is 3. The van der Waals surface area contributed by atoms with E-state index in [1.165, 1.54) is 23.5 Å². The second kappa shape index (κ2) is 8.37. The number of furan rings is 1. The standard InChI is InChI=1S/C24H21NO5/c1-15-7-8-19(13-20(15)25-23(27)22-6-3-11-29-22)24(28)30-14-21(26)18-10-9-16-4-2-5-17(16)12-18/h3,6-13H,2,4-5,14H2,1H3,(H,25,27). The van der Waals surface area contributed by atoms with E-state index in [1.54, 1.807) is 30.3 Å². The lowest BCUT2D eigenvalue weighted by atomic mass is 10.0. The Kier molecular flexibility index (Phi) is 5.48. The van der Waals surface area contributed by atoms with Gasteiger partial charge in [0.15, 0.2) is 18.2 Å². The smallest absolute Gasteiger partial charge is 0.338 e. The van der Waals surface area contributed by atoms with Gasteiger partial charge < -0.3 is 14.5 Å². The molecular weight excluding hydrogens is 382 g/mol. The third-order valence-corrected chi connectivity index (χ3v) is 5.22. The van der Waals surface area contributed by atoms with Gasteiger partial charge in [-0.2, -0.15) is 0 Å². The largest absolute Gasteiger partial charge is 0.459 e. The van der Waals surface area contributed by atoms with Gasteiger partial charge in [-0.25, -0.2) is 4.79 Å². The van der Waals surface area contributed by atoms with Crippen LogP contribution in [-0.4, -0.2) is 24.3 Å². The van der Waals surface area contributed by atoms with E-state index in [2.05, 4.69) is 5.32 Å². The zero-order valence-corrected chi connectivity index (χ0v) is 16.6. The van der Waals surface area contributed by atoms with Crippen LogP contribution >= 0.6 is 0 Å². The first-order valence-electron chi connectivity index (χ1n) is 9.79. The molecule has 0 aliphatic heterocycles. The molecule has 1 amide bonds. The molecule has 0 spiro atoms. The van der Waals surface area contributed by atoms with Gasteiger partial charge in [0.05, 0.1) is 11.8 Å². The zero-order valence-electron chi connectivity index (χ0n) is 16.6. The van der Waals surface area contributed by atoms with Crippen molar-refractivity contribution in [2.75, 3.05) is 11.9 Å². The van der Waals surface area contributed by atoms with Crippen molar-refractivity contribution < 1.29 is 23.5 Å². The highest BCUT2D eigenvalue weighted by atomic mass is 16.5. The number of Topliss-reactive ketones (excluding diaryl/α,β-unsaturated/α-hetero) is 1. The molecule has 0 unspecified atom stereocenters. The first kappa shape index (κ1) is 19.6. The van der Waals surface area contributed by atoms with Crippen LogP contribution in [0.2, 0.25) is 0 Å². The van der Waals surface area contributed by atoms with Gasteiger partial charge in [0.1, 0.15) is 0 Å². The second-order valence-corrected chi connectivity index (χ2v) is 7.30. The van der Waals surface area contributed by atoms with Gasteiger partial charge in [0, 0.05) is 11.3 Å². The van der Waals surface area contributed by atoms with Crippen LogP contribution in [-0.2, 0) is 17.6 Å². The van der Waals surface area contributed by atoms with Crippen molar-refractivity contribution in [3.8, 4) is 0 Å². The van der Waals surface area contributed by atoms with Gasteiger partial charge in [0.25, 0.3) is 5.91 Å². The first-order valence-corrected chi connectivity index (χ1v) is 9.79. The van der Waals surface area contributed by atoms with E-state index in [0.717, 1.165) is 24.8 Å². The Hall–Kier alpha value is -3.67. The highest BCUT2D eigenvalue weighted by Crippen LogP contribution is 2.23. The van der Waals surface area contributed by atoms with Gasteiger partial charge >= 0.3 is 5.97 Å². The molecule has 2 aromatic carbocycles. The molecule has 1 N–H and O–H groups in total. The van der Waals surface area contributed by atoms with Crippen LogP contribution < -0.4 is 5.32 Å². The summed E-state index contributed by atoms with van der Waals surface area (Å²) in [6.07, 6.45) is 4.54. The zero-order chi connectivity index (χ0) is 21.1. The van der Waals surface area contributed by atoms with Crippen molar-refractivity contribution in [2.45, 2.75) is 26.2 Å². The molecule has 0 saturated carbocycles. The van der Waals surface area contributed by atoms with E-state index in [0.29, 0.717) is 11.3 Å². The number of aryl methyl sites for hydroxylation is 3. The molecule has 1 aliphatic carbocycles. The van der Waals surface area contributed by atoms with Gasteiger partial charge in [-0.3, -0.25) is 9.59 Å². The molecule has 4 rings (SSSR count). The third-order valence-electron chi connectivity index (χ3n) is 5.22. The average Bonchev–Trinajstić information content (AvgIpc) is 3.44. The van der Waals surface area contributed by atoms with E-state index in [9.17, 15) is 14.4 Å². The molecule has 0 atom stereocenters. The number of anilines is 1. The maximum Gasteiger partial charge on any atom is 0.338 e. The number of esters is 1. The number of ketones is 1. The number of hydrogen-bond acceptors (Lipinski definition) is 5. The average molecular weight is 403 g/mol. The molecule has 1 heterocycles. The fourth-order valence-corrected chi connectivity index (χ4v) is 3.52. The van der Waals surface area contributed by atoms with Crippen molar-refractivity contribution in [1.29, 1.82) is 0 Å². The summed E-state index contributed by atoms with van der Waals surface area (Å²) in [7, 11) is 0. The molecule has 1 aliphatic rings. The Bertz CT molecular complexity index is 1110. The van der Waals surface area contributed by atoms with Crippen LogP contribution in [0.15, 0.2) is 59.2 Å². The van der Waals surface area contributed by atoms with Gasteiger partial charge in [-0.15, -0.1) is 0 Å². The van der Waals surface area contributed by atoms with Crippen molar-refractivity contribution in [3.05, 3.63) is 88.4 Å². The van der Waals surface area contributed by atoms with Crippen molar-refractivity contribution in [2.24, 2.45) is 0 Å². The SMILES string of the molecule is Cc1ccc(C(=O)OCC(=O)c2ccc3c(c2)CCC3)cc1NC(=O)c1ccco1. The molecular formula is C24H21NO5. The summed E-state index contributed by atoms with van der Waals surface area (Å²) in [5, 5.41) is 2.72. The van der Waals surface area contributed by atoms with Crippen LogP contribution in [0.5, 0.6) is 0 Å². The fraction of sp³-hybridized carbons (Fsp3) is 0.208. The van der Waals surface area contributed by atoms with E-state index in [4.69, 9.17) is 9.15 Å². The summed E-state index contributed by atoms with van der Waals surface area (Å²) >= 11 is 0. The Morgan fingerprint density at radius 2 is 1.80 bits per heavy atom. The lowest BCUT2D eigenvalue weighted by Crippen LogP contribution is -2.16. The molecule has 30 heavy (non-hydrogen) atoms. The summed E-state index contributed by atoms with van der Waals surface area (Å²) in [6.45, 7) is 1.48. The number of benzene rings is 2. The van der Waals surface area contributed by atoms with Crippen molar-refractivity contribution in [3.63, 3.8) is 0 Å². The predicted molar refractivity (Wildman–Crippen MR) is 111 cm³/mol. The molecule has 1 aromatic heterocycles. The van der Waals surface area contributed by atoms with Gasteiger partial charge in [0.2, 0.25) is 0 Å². The van der Waals surface area contributed by atoms with E-state index >= 15 is 0 Å².